The van der Waals surface area contributed by atoms with Crippen LogP contribution in [-0.2, 0) is 25.6 Å². The zero-order valence-electron chi connectivity index (χ0n) is 22.0. The summed E-state index contributed by atoms with van der Waals surface area (Å²) in [5, 5.41) is 25.3. The van der Waals surface area contributed by atoms with Gasteiger partial charge in [0.25, 0.3) is 0 Å². The monoisotopic (exact) mass is 508 g/mol. The second kappa shape index (κ2) is 9.85. The zero-order valence-corrected chi connectivity index (χ0v) is 22.0. The molecule has 2 aromatic carbocycles. The molecule has 0 radical (unpaired) electrons. The van der Waals surface area contributed by atoms with Crippen molar-refractivity contribution in [2.24, 2.45) is 7.05 Å². The van der Waals surface area contributed by atoms with E-state index in [1.54, 1.807) is 42.5 Å². The van der Waals surface area contributed by atoms with Gasteiger partial charge in [-0.1, -0.05) is 20.8 Å². The number of amides is 2. The lowest BCUT2D eigenvalue weighted by Crippen LogP contribution is -2.29. The Balaban J connectivity index is 1.46. The molecule has 0 fully saturated rings. The molecule has 0 spiro atoms. The van der Waals surface area contributed by atoms with Gasteiger partial charge in [0, 0.05) is 36.0 Å². The van der Waals surface area contributed by atoms with Crippen molar-refractivity contribution in [3.8, 4) is 11.5 Å². The number of nitrogens with one attached hydrogen (secondary N) is 2. The molecule has 0 aliphatic heterocycles. The number of carbonyl (C=O) groups excluding carboxylic acids is 1. The molecular weight excluding hydrogens is 475 g/mol. The second-order valence-electron chi connectivity index (χ2n) is 10.8. The molecule has 2 aromatic heterocycles. The highest BCUT2D eigenvalue weighted by molar-refractivity contribution is 5.88. The highest BCUT2D eigenvalue weighted by atomic mass is 19.1. The average molecular weight is 509 g/mol. The van der Waals surface area contributed by atoms with Gasteiger partial charge in [-0.15, -0.1) is 0 Å². The van der Waals surface area contributed by atoms with Crippen LogP contribution in [0.2, 0.25) is 0 Å². The Morgan fingerprint density at radius 2 is 1.86 bits per heavy atom. The number of hydrogen-bond acceptors (Lipinski definition) is 5. The Kier molecular flexibility index (Phi) is 6.96. The summed E-state index contributed by atoms with van der Waals surface area (Å²) in [6.07, 6.45) is 1.70. The van der Waals surface area contributed by atoms with Crippen molar-refractivity contribution in [2.45, 2.75) is 58.7 Å². The SMILES string of the molecule is Cn1nc(C(C)(C)C)cc1NC(=O)NCc1cc(F)ccc1Oc1ccc2c(cnn2CC(C)(C)O)c1. The number of urea groups is 1. The molecule has 2 amide bonds. The molecule has 0 aliphatic carbocycles. The fourth-order valence-corrected chi connectivity index (χ4v) is 3.82. The Bertz CT molecular complexity index is 1430. The lowest BCUT2D eigenvalue weighted by Gasteiger charge is -2.17. The normalized spacial score (nSPS) is 12.1. The van der Waals surface area contributed by atoms with Crippen LogP contribution in [0.25, 0.3) is 10.9 Å². The molecule has 0 atom stereocenters. The number of anilines is 1. The van der Waals surface area contributed by atoms with Crippen molar-refractivity contribution in [2.75, 3.05) is 5.32 Å². The largest absolute Gasteiger partial charge is 0.457 e. The number of carbonyl (C=O) groups is 1. The van der Waals surface area contributed by atoms with Gasteiger partial charge in [0.1, 0.15) is 23.1 Å². The van der Waals surface area contributed by atoms with E-state index in [2.05, 4.69) is 20.8 Å². The summed E-state index contributed by atoms with van der Waals surface area (Å²) in [5.74, 6) is 1.07. The molecule has 0 aliphatic rings. The minimum Gasteiger partial charge on any atom is -0.457 e. The van der Waals surface area contributed by atoms with E-state index >= 15 is 0 Å². The van der Waals surface area contributed by atoms with Crippen LogP contribution in [0.1, 0.15) is 45.9 Å². The standard InChI is InChI=1S/C27H33FN6O3/c1-26(2,3)23-13-24(33(6)32-23)31-25(35)29-14-18-11-19(28)7-10-22(18)37-20-8-9-21-17(12-20)15-30-34(21)16-27(4,5)36/h7-13,15,36H,14,16H2,1-6H3,(H2,29,31,35). The van der Waals surface area contributed by atoms with Crippen LogP contribution in [0.5, 0.6) is 11.5 Å². The van der Waals surface area contributed by atoms with Crippen LogP contribution in [0.3, 0.4) is 0 Å². The number of aromatic nitrogens is 4. The van der Waals surface area contributed by atoms with E-state index in [4.69, 9.17) is 4.74 Å². The summed E-state index contributed by atoms with van der Waals surface area (Å²) < 4.78 is 23.4. The summed E-state index contributed by atoms with van der Waals surface area (Å²) >= 11 is 0. The van der Waals surface area contributed by atoms with Crippen molar-refractivity contribution in [3.05, 3.63) is 65.7 Å². The van der Waals surface area contributed by atoms with Gasteiger partial charge in [0.05, 0.1) is 29.6 Å². The van der Waals surface area contributed by atoms with Gasteiger partial charge in [-0.25, -0.2) is 9.18 Å². The molecular formula is C27H33FN6O3. The van der Waals surface area contributed by atoms with Gasteiger partial charge < -0.3 is 15.2 Å². The Hall–Kier alpha value is -3.92. The van der Waals surface area contributed by atoms with Gasteiger partial charge in [0.2, 0.25) is 0 Å². The number of aryl methyl sites for hydroxylation is 1. The predicted octanol–water partition coefficient (Wildman–Crippen LogP) is 5.09. The number of halogens is 1. The average Bonchev–Trinajstić information content (AvgIpc) is 3.35. The molecule has 0 saturated carbocycles. The Morgan fingerprint density at radius 1 is 1.11 bits per heavy atom. The van der Waals surface area contributed by atoms with Crippen molar-refractivity contribution >= 4 is 22.8 Å². The maximum absolute atomic E-state index is 14.0. The molecule has 2 heterocycles. The van der Waals surface area contributed by atoms with Crippen molar-refractivity contribution in [3.63, 3.8) is 0 Å². The number of nitrogens with zero attached hydrogens (tertiary/aromatic N) is 4. The van der Waals surface area contributed by atoms with Crippen molar-refractivity contribution < 1.29 is 19.0 Å². The van der Waals surface area contributed by atoms with Crippen molar-refractivity contribution in [1.82, 2.24) is 24.9 Å². The van der Waals surface area contributed by atoms with Crippen LogP contribution < -0.4 is 15.4 Å². The lowest BCUT2D eigenvalue weighted by molar-refractivity contribution is 0.0591. The quantitative estimate of drug-likeness (QED) is 0.322. The number of hydrogen-bond donors (Lipinski definition) is 3. The van der Waals surface area contributed by atoms with Gasteiger partial charge in [-0.05, 0) is 50.2 Å². The van der Waals surface area contributed by atoms with E-state index in [1.807, 2.05) is 39.0 Å². The smallest absolute Gasteiger partial charge is 0.320 e. The van der Waals surface area contributed by atoms with Crippen LogP contribution >= 0.6 is 0 Å². The lowest BCUT2D eigenvalue weighted by atomic mass is 9.92. The highest BCUT2D eigenvalue weighted by Crippen LogP contribution is 2.29. The van der Waals surface area contributed by atoms with Crippen LogP contribution in [-0.4, -0.2) is 36.3 Å². The summed E-state index contributed by atoms with van der Waals surface area (Å²) in [6.45, 7) is 9.99. The zero-order chi connectivity index (χ0) is 27.0. The second-order valence-corrected chi connectivity index (χ2v) is 10.8. The summed E-state index contributed by atoms with van der Waals surface area (Å²) in [4.78, 5) is 12.6. The Morgan fingerprint density at radius 3 is 2.54 bits per heavy atom. The first-order chi connectivity index (χ1) is 17.3. The summed E-state index contributed by atoms with van der Waals surface area (Å²) in [6, 6.07) is 11.0. The van der Waals surface area contributed by atoms with E-state index < -0.39 is 17.4 Å². The van der Waals surface area contributed by atoms with Gasteiger partial charge in [0.15, 0.2) is 0 Å². The maximum Gasteiger partial charge on any atom is 0.320 e. The van der Waals surface area contributed by atoms with Crippen molar-refractivity contribution in [1.29, 1.82) is 0 Å². The van der Waals surface area contributed by atoms with Gasteiger partial charge in [-0.2, -0.15) is 10.2 Å². The number of rotatable bonds is 7. The number of benzene rings is 2. The molecule has 4 rings (SSSR count). The predicted molar refractivity (Wildman–Crippen MR) is 140 cm³/mol. The third kappa shape index (κ3) is 6.45. The molecule has 0 saturated heterocycles. The van der Waals surface area contributed by atoms with E-state index in [9.17, 15) is 14.3 Å². The molecule has 3 N–H and O–H groups in total. The first kappa shape index (κ1) is 26.2. The van der Waals surface area contributed by atoms with Crippen LogP contribution in [0.15, 0.2) is 48.7 Å². The molecule has 9 nitrogen and oxygen atoms in total. The highest BCUT2D eigenvalue weighted by Gasteiger charge is 2.20. The number of fused-ring (bicyclic) bond motifs is 1. The Labute approximate surface area is 215 Å². The molecule has 0 bridgehead atoms. The first-order valence-electron chi connectivity index (χ1n) is 12.0. The fourth-order valence-electron chi connectivity index (χ4n) is 3.82. The van der Waals surface area contributed by atoms with E-state index in [1.165, 1.54) is 18.2 Å². The summed E-state index contributed by atoms with van der Waals surface area (Å²) in [7, 11) is 1.76. The van der Waals surface area contributed by atoms with E-state index in [-0.39, 0.29) is 12.0 Å². The molecule has 0 unspecified atom stereocenters. The minimum atomic E-state index is -0.901. The minimum absolute atomic E-state index is 0.0503. The third-order valence-electron chi connectivity index (χ3n) is 5.73. The molecule has 37 heavy (non-hydrogen) atoms. The third-order valence-corrected chi connectivity index (χ3v) is 5.73. The summed E-state index contributed by atoms with van der Waals surface area (Å²) in [5.41, 5.74) is 1.14. The van der Waals surface area contributed by atoms with E-state index in [0.717, 1.165) is 16.6 Å². The molecule has 10 heteroatoms. The van der Waals surface area contributed by atoms with Gasteiger partial charge >= 0.3 is 6.03 Å². The molecule has 4 aromatic rings. The fraction of sp³-hybridized carbons (Fsp3) is 0.370. The van der Waals surface area contributed by atoms with Gasteiger partial charge in [-0.3, -0.25) is 14.7 Å². The van der Waals surface area contributed by atoms with E-state index in [0.29, 0.717) is 29.4 Å². The first-order valence-corrected chi connectivity index (χ1v) is 12.0. The topological polar surface area (TPSA) is 106 Å². The maximum atomic E-state index is 14.0. The number of aliphatic hydroxyl groups is 1. The molecule has 196 valence electrons. The van der Waals surface area contributed by atoms with Crippen LogP contribution in [0.4, 0.5) is 15.0 Å². The van der Waals surface area contributed by atoms with Crippen LogP contribution in [0, 0.1) is 5.82 Å². The number of ether oxygens (including phenoxy) is 1.